The first kappa shape index (κ1) is 12.8. The average molecular weight is 273 g/mol. The van der Waals surface area contributed by atoms with E-state index in [0.717, 1.165) is 31.1 Å². The Balaban J connectivity index is 1.64. The Labute approximate surface area is 118 Å². The maximum Gasteiger partial charge on any atom is 0.109 e. The SMILES string of the molecule is CC(NCc1ccc2c(c1)CNCC2)c1nccs1. The first-order chi connectivity index (χ1) is 9.33. The minimum absolute atomic E-state index is 0.314. The van der Waals surface area contributed by atoms with Crippen molar-refractivity contribution < 1.29 is 0 Å². The van der Waals surface area contributed by atoms with E-state index in [4.69, 9.17) is 0 Å². The third-order valence-electron chi connectivity index (χ3n) is 3.59. The fourth-order valence-corrected chi connectivity index (χ4v) is 3.12. The largest absolute Gasteiger partial charge is 0.312 e. The van der Waals surface area contributed by atoms with Crippen molar-refractivity contribution in [2.45, 2.75) is 32.5 Å². The topological polar surface area (TPSA) is 37.0 Å². The lowest BCUT2D eigenvalue weighted by atomic mass is 9.98. The second-order valence-electron chi connectivity index (χ2n) is 5.00. The number of benzene rings is 1. The molecule has 1 aromatic heterocycles. The summed E-state index contributed by atoms with van der Waals surface area (Å²) in [6, 6.07) is 7.16. The Kier molecular flexibility index (Phi) is 3.92. The third-order valence-corrected chi connectivity index (χ3v) is 4.55. The molecule has 0 aliphatic carbocycles. The quantitative estimate of drug-likeness (QED) is 0.899. The van der Waals surface area contributed by atoms with Crippen molar-refractivity contribution in [2.24, 2.45) is 0 Å². The van der Waals surface area contributed by atoms with Crippen LogP contribution in [0.4, 0.5) is 0 Å². The molecule has 1 atom stereocenters. The number of nitrogens with one attached hydrogen (secondary N) is 2. The Hall–Kier alpha value is -1.23. The highest BCUT2D eigenvalue weighted by atomic mass is 32.1. The summed E-state index contributed by atoms with van der Waals surface area (Å²) in [4.78, 5) is 4.34. The monoisotopic (exact) mass is 273 g/mol. The predicted molar refractivity (Wildman–Crippen MR) is 79.2 cm³/mol. The van der Waals surface area contributed by atoms with Crippen LogP contribution in [0.5, 0.6) is 0 Å². The summed E-state index contributed by atoms with van der Waals surface area (Å²) in [5, 5.41) is 10.1. The fraction of sp³-hybridized carbons (Fsp3) is 0.400. The number of hydrogen-bond donors (Lipinski definition) is 2. The van der Waals surface area contributed by atoms with Gasteiger partial charge in [-0.25, -0.2) is 4.98 Å². The van der Waals surface area contributed by atoms with Gasteiger partial charge < -0.3 is 10.6 Å². The Morgan fingerprint density at radius 1 is 1.42 bits per heavy atom. The zero-order valence-electron chi connectivity index (χ0n) is 11.1. The molecule has 1 unspecified atom stereocenters. The van der Waals surface area contributed by atoms with Gasteiger partial charge in [0.1, 0.15) is 5.01 Å². The van der Waals surface area contributed by atoms with E-state index >= 15 is 0 Å². The van der Waals surface area contributed by atoms with Crippen LogP contribution in [-0.4, -0.2) is 11.5 Å². The van der Waals surface area contributed by atoms with Gasteiger partial charge in [0, 0.05) is 24.7 Å². The smallest absolute Gasteiger partial charge is 0.109 e. The number of fused-ring (bicyclic) bond motifs is 1. The molecule has 2 N–H and O–H groups in total. The van der Waals surface area contributed by atoms with E-state index in [0.29, 0.717) is 6.04 Å². The molecule has 100 valence electrons. The third kappa shape index (κ3) is 3.03. The lowest BCUT2D eigenvalue weighted by Crippen LogP contribution is -2.24. The first-order valence-electron chi connectivity index (χ1n) is 6.77. The molecular weight excluding hydrogens is 254 g/mol. The molecule has 3 nitrogen and oxygen atoms in total. The number of aromatic nitrogens is 1. The highest BCUT2D eigenvalue weighted by Crippen LogP contribution is 2.18. The van der Waals surface area contributed by atoms with Crippen LogP contribution in [0.1, 0.15) is 34.7 Å². The average Bonchev–Trinajstić information content (AvgIpc) is 2.99. The summed E-state index contributed by atoms with van der Waals surface area (Å²) >= 11 is 1.71. The highest BCUT2D eigenvalue weighted by Gasteiger charge is 2.10. The molecule has 1 aromatic carbocycles. The van der Waals surface area contributed by atoms with E-state index in [1.54, 1.807) is 11.3 Å². The fourth-order valence-electron chi connectivity index (χ4n) is 2.45. The molecule has 0 saturated heterocycles. The van der Waals surface area contributed by atoms with Crippen molar-refractivity contribution in [3.8, 4) is 0 Å². The highest BCUT2D eigenvalue weighted by molar-refractivity contribution is 7.09. The standard InChI is InChI=1S/C15H19N3S/c1-11(15-17-6-7-19-15)18-9-12-2-3-13-4-5-16-10-14(13)8-12/h2-3,6-8,11,16,18H,4-5,9-10H2,1H3. The van der Waals surface area contributed by atoms with Crippen molar-refractivity contribution in [2.75, 3.05) is 6.54 Å². The normalized spacial score (nSPS) is 16.1. The Morgan fingerprint density at radius 3 is 3.21 bits per heavy atom. The molecular formula is C15H19N3S. The minimum Gasteiger partial charge on any atom is -0.312 e. The van der Waals surface area contributed by atoms with Crippen molar-refractivity contribution in [3.05, 3.63) is 51.5 Å². The van der Waals surface area contributed by atoms with Gasteiger partial charge in [-0.3, -0.25) is 0 Å². The van der Waals surface area contributed by atoms with E-state index in [1.807, 2.05) is 11.6 Å². The van der Waals surface area contributed by atoms with Gasteiger partial charge in [-0.15, -0.1) is 11.3 Å². The molecule has 4 heteroatoms. The van der Waals surface area contributed by atoms with Crippen molar-refractivity contribution >= 4 is 11.3 Å². The van der Waals surface area contributed by atoms with E-state index < -0.39 is 0 Å². The zero-order chi connectivity index (χ0) is 13.1. The van der Waals surface area contributed by atoms with Crippen LogP contribution < -0.4 is 10.6 Å². The van der Waals surface area contributed by atoms with Gasteiger partial charge in [0.05, 0.1) is 6.04 Å². The zero-order valence-corrected chi connectivity index (χ0v) is 12.0. The Morgan fingerprint density at radius 2 is 2.37 bits per heavy atom. The van der Waals surface area contributed by atoms with Crippen LogP contribution in [0.25, 0.3) is 0 Å². The predicted octanol–water partition coefficient (Wildman–Crippen LogP) is 2.64. The van der Waals surface area contributed by atoms with Gasteiger partial charge in [-0.05, 0) is 36.6 Å². The molecule has 0 fully saturated rings. The van der Waals surface area contributed by atoms with Gasteiger partial charge in [0.2, 0.25) is 0 Å². The van der Waals surface area contributed by atoms with Gasteiger partial charge in [-0.2, -0.15) is 0 Å². The molecule has 1 aliphatic rings. The molecule has 2 heterocycles. The molecule has 1 aliphatic heterocycles. The molecule has 0 saturated carbocycles. The van der Waals surface area contributed by atoms with Crippen LogP contribution in [0.3, 0.4) is 0 Å². The van der Waals surface area contributed by atoms with E-state index in [1.165, 1.54) is 16.7 Å². The molecule has 0 bridgehead atoms. The second-order valence-corrected chi connectivity index (χ2v) is 5.93. The maximum atomic E-state index is 4.34. The first-order valence-corrected chi connectivity index (χ1v) is 7.65. The molecule has 3 rings (SSSR count). The molecule has 0 amide bonds. The van der Waals surface area contributed by atoms with Crippen LogP contribution in [0.15, 0.2) is 29.8 Å². The number of nitrogens with zero attached hydrogens (tertiary/aromatic N) is 1. The molecule has 0 radical (unpaired) electrons. The molecule has 2 aromatic rings. The summed E-state index contributed by atoms with van der Waals surface area (Å²) in [5.41, 5.74) is 4.30. The van der Waals surface area contributed by atoms with Crippen LogP contribution >= 0.6 is 11.3 Å². The molecule has 19 heavy (non-hydrogen) atoms. The summed E-state index contributed by atoms with van der Waals surface area (Å²) in [7, 11) is 0. The second kappa shape index (κ2) is 5.82. The van der Waals surface area contributed by atoms with Gasteiger partial charge >= 0.3 is 0 Å². The summed E-state index contributed by atoms with van der Waals surface area (Å²) in [6.45, 7) is 5.17. The summed E-state index contributed by atoms with van der Waals surface area (Å²) in [6.07, 6.45) is 3.02. The van der Waals surface area contributed by atoms with Gasteiger partial charge in [0.25, 0.3) is 0 Å². The van der Waals surface area contributed by atoms with Gasteiger partial charge in [0.15, 0.2) is 0 Å². The van der Waals surface area contributed by atoms with Crippen molar-refractivity contribution in [1.82, 2.24) is 15.6 Å². The number of hydrogen-bond acceptors (Lipinski definition) is 4. The van der Waals surface area contributed by atoms with Crippen molar-refractivity contribution in [3.63, 3.8) is 0 Å². The molecule has 0 spiro atoms. The summed E-state index contributed by atoms with van der Waals surface area (Å²) < 4.78 is 0. The van der Waals surface area contributed by atoms with E-state index in [-0.39, 0.29) is 0 Å². The lowest BCUT2D eigenvalue weighted by Gasteiger charge is -2.18. The van der Waals surface area contributed by atoms with Crippen LogP contribution in [0, 0.1) is 0 Å². The number of rotatable bonds is 4. The number of thiazole rings is 1. The lowest BCUT2D eigenvalue weighted by molar-refractivity contribution is 0.570. The summed E-state index contributed by atoms with van der Waals surface area (Å²) in [5.74, 6) is 0. The van der Waals surface area contributed by atoms with E-state index in [2.05, 4.69) is 40.7 Å². The minimum atomic E-state index is 0.314. The Bertz CT molecular complexity index is 536. The van der Waals surface area contributed by atoms with E-state index in [9.17, 15) is 0 Å². The van der Waals surface area contributed by atoms with Crippen molar-refractivity contribution in [1.29, 1.82) is 0 Å². The van der Waals surface area contributed by atoms with Crippen LogP contribution in [0.2, 0.25) is 0 Å². The van der Waals surface area contributed by atoms with Gasteiger partial charge in [-0.1, -0.05) is 18.2 Å². The van der Waals surface area contributed by atoms with Crippen LogP contribution in [-0.2, 0) is 19.5 Å². The maximum absolute atomic E-state index is 4.34.